The van der Waals surface area contributed by atoms with Gasteiger partial charge in [-0.25, -0.2) is 0 Å². The number of amides is 1. The van der Waals surface area contributed by atoms with E-state index in [2.05, 4.69) is 16.5 Å². The molecule has 1 atom stereocenters. The number of hydrogen-bond acceptors (Lipinski definition) is 2. The molecule has 2 heterocycles. The Morgan fingerprint density at radius 3 is 3.05 bits per heavy atom. The lowest BCUT2D eigenvalue weighted by atomic mass is 9.95. The molecule has 2 aromatic rings. The summed E-state index contributed by atoms with van der Waals surface area (Å²) in [6.45, 7) is 1.37. The number of rotatable bonds is 4. The molecule has 22 heavy (non-hydrogen) atoms. The summed E-state index contributed by atoms with van der Waals surface area (Å²) < 4.78 is 5.44. The number of halogens is 1. The van der Waals surface area contributed by atoms with E-state index < -0.39 is 0 Å². The van der Waals surface area contributed by atoms with Crippen LogP contribution in [-0.4, -0.2) is 30.1 Å². The fourth-order valence-corrected chi connectivity index (χ4v) is 3.55. The third-order valence-corrected chi connectivity index (χ3v) is 5.13. The molecule has 1 aromatic heterocycles. The van der Waals surface area contributed by atoms with E-state index in [0.29, 0.717) is 13.2 Å². The van der Waals surface area contributed by atoms with Gasteiger partial charge in [-0.2, -0.15) is 0 Å². The zero-order valence-corrected chi connectivity index (χ0v) is 13.1. The number of fused-ring (bicyclic) bond motifs is 1. The molecule has 2 N–H and O–H groups in total. The molecular weight excluding hydrogens is 300 g/mol. The summed E-state index contributed by atoms with van der Waals surface area (Å²) in [6, 6.07) is 5.90. The lowest BCUT2D eigenvalue weighted by Gasteiger charge is -2.17. The van der Waals surface area contributed by atoms with Crippen LogP contribution in [0, 0.1) is 0 Å². The first-order valence-corrected chi connectivity index (χ1v) is 8.22. The summed E-state index contributed by atoms with van der Waals surface area (Å²) in [6.07, 6.45) is 5.81. The van der Waals surface area contributed by atoms with Crippen LogP contribution in [0.4, 0.5) is 0 Å². The highest BCUT2D eigenvalue weighted by Gasteiger charge is 2.46. The van der Waals surface area contributed by atoms with Crippen LogP contribution in [-0.2, 0) is 14.9 Å². The maximum Gasteiger partial charge on any atom is 0.249 e. The normalized spacial score (nSPS) is 22.9. The summed E-state index contributed by atoms with van der Waals surface area (Å²) in [5.41, 5.74) is 2.41. The van der Waals surface area contributed by atoms with Crippen LogP contribution >= 0.6 is 11.6 Å². The molecule has 0 bridgehead atoms. The van der Waals surface area contributed by atoms with E-state index in [-0.39, 0.29) is 17.4 Å². The highest BCUT2D eigenvalue weighted by molar-refractivity contribution is 6.31. The number of H-pyrrole nitrogens is 1. The molecule has 0 spiro atoms. The van der Waals surface area contributed by atoms with Crippen molar-refractivity contribution in [3.8, 4) is 0 Å². The quantitative estimate of drug-likeness (QED) is 0.910. The minimum absolute atomic E-state index is 0.0293. The van der Waals surface area contributed by atoms with Crippen molar-refractivity contribution in [3.63, 3.8) is 0 Å². The first kappa shape index (κ1) is 14.1. The zero-order chi connectivity index (χ0) is 15.2. The Labute approximate surface area is 134 Å². The summed E-state index contributed by atoms with van der Waals surface area (Å²) in [4.78, 5) is 15.5. The van der Waals surface area contributed by atoms with Gasteiger partial charge in [0, 0.05) is 40.7 Å². The number of carbonyl (C=O) groups excluding carboxylic acids is 1. The van der Waals surface area contributed by atoms with Crippen molar-refractivity contribution in [1.29, 1.82) is 0 Å². The standard InChI is InChI=1S/C17H19ClN2O2/c18-11-3-4-14-12(8-11)13(9-19-14)17(5-6-17)10-20-16(21)15-2-1-7-22-15/h3-4,8-9,15,19H,1-2,5-7,10H2,(H,20,21). The molecule has 1 saturated heterocycles. The molecule has 1 aliphatic carbocycles. The molecule has 1 aromatic carbocycles. The van der Waals surface area contributed by atoms with E-state index >= 15 is 0 Å². The van der Waals surface area contributed by atoms with Crippen LogP contribution < -0.4 is 5.32 Å². The topological polar surface area (TPSA) is 54.1 Å². The first-order chi connectivity index (χ1) is 10.7. The molecular formula is C17H19ClN2O2. The zero-order valence-electron chi connectivity index (χ0n) is 12.3. The molecule has 0 radical (unpaired) electrons. The Bertz CT molecular complexity index is 715. The van der Waals surface area contributed by atoms with Gasteiger partial charge in [-0.05, 0) is 49.4 Å². The number of nitrogens with one attached hydrogen (secondary N) is 2. The van der Waals surface area contributed by atoms with Crippen molar-refractivity contribution in [2.24, 2.45) is 0 Å². The van der Waals surface area contributed by atoms with Crippen LogP contribution in [0.3, 0.4) is 0 Å². The summed E-state index contributed by atoms with van der Waals surface area (Å²) in [5, 5.41) is 4.99. The second-order valence-corrected chi connectivity index (χ2v) is 6.83. The molecule has 1 saturated carbocycles. The van der Waals surface area contributed by atoms with Gasteiger partial charge in [-0.1, -0.05) is 11.6 Å². The molecule has 1 unspecified atom stereocenters. The average Bonchev–Trinajstić information content (AvgIpc) is 2.95. The molecule has 2 fully saturated rings. The molecule has 4 nitrogen and oxygen atoms in total. The molecule has 5 heteroatoms. The SMILES string of the molecule is O=C(NCC1(c2c[nH]c3ccc(Cl)cc23)CC1)C1CCCO1. The van der Waals surface area contributed by atoms with Crippen LogP contribution in [0.2, 0.25) is 5.02 Å². The van der Waals surface area contributed by atoms with Gasteiger partial charge >= 0.3 is 0 Å². The van der Waals surface area contributed by atoms with Crippen LogP contribution in [0.5, 0.6) is 0 Å². The molecule has 1 amide bonds. The lowest BCUT2D eigenvalue weighted by Crippen LogP contribution is -2.38. The van der Waals surface area contributed by atoms with E-state index in [9.17, 15) is 4.79 Å². The largest absolute Gasteiger partial charge is 0.368 e. The van der Waals surface area contributed by atoms with Gasteiger partial charge in [0.05, 0.1) is 0 Å². The Kier molecular flexibility index (Phi) is 3.39. The van der Waals surface area contributed by atoms with Crippen molar-refractivity contribution in [2.45, 2.75) is 37.2 Å². The van der Waals surface area contributed by atoms with Gasteiger partial charge in [0.1, 0.15) is 6.10 Å². The van der Waals surface area contributed by atoms with Crippen LogP contribution in [0.15, 0.2) is 24.4 Å². The van der Waals surface area contributed by atoms with Gasteiger partial charge in [-0.15, -0.1) is 0 Å². The minimum Gasteiger partial charge on any atom is -0.368 e. The molecule has 1 aliphatic heterocycles. The van der Waals surface area contributed by atoms with Gasteiger partial charge in [0.15, 0.2) is 0 Å². The number of carbonyl (C=O) groups is 1. The van der Waals surface area contributed by atoms with Crippen molar-refractivity contribution in [2.75, 3.05) is 13.2 Å². The maximum absolute atomic E-state index is 12.1. The fourth-order valence-electron chi connectivity index (χ4n) is 3.38. The van der Waals surface area contributed by atoms with Crippen molar-refractivity contribution in [3.05, 3.63) is 35.0 Å². The van der Waals surface area contributed by atoms with E-state index in [0.717, 1.165) is 41.6 Å². The van der Waals surface area contributed by atoms with E-state index in [1.165, 1.54) is 5.56 Å². The highest BCUT2D eigenvalue weighted by Crippen LogP contribution is 2.50. The average molecular weight is 319 g/mol. The fraction of sp³-hybridized carbons (Fsp3) is 0.471. The second-order valence-electron chi connectivity index (χ2n) is 6.39. The van der Waals surface area contributed by atoms with Crippen LogP contribution in [0.25, 0.3) is 10.9 Å². The number of aromatic nitrogens is 1. The number of benzene rings is 1. The Hall–Kier alpha value is -1.52. The number of ether oxygens (including phenoxy) is 1. The molecule has 2 aliphatic rings. The monoisotopic (exact) mass is 318 g/mol. The van der Waals surface area contributed by atoms with E-state index in [1.54, 1.807) is 0 Å². The summed E-state index contributed by atoms with van der Waals surface area (Å²) >= 11 is 6.13. The predicted octanol–water partition coefficient (Wildman–Crippen LogP) is 3.15. The second kappa shape index (κ2) is 5.28. The van der Waals surface area contributed by atoms with Crippen molar-refractivity contribution < 1.29 is 9.53 Å². The maximum atomic E-state index is 12.1. The van der Waals surface area contributed by atoms with Crippen molar-refractivity contribution in [1.82, 2.24) is 10.3 Å². The lowest BCUT2D eigenvalue weighted by molar-refractivity contribution is -0.130. The van der Waals surface area contributed by atoms with Gasteiger partial charge in [-0.3, -0.25) is 4.79 Å². The number of aromatic amines is 1. The first-order valence-electron chi connectivity index (χ1n) is 7.84. The van der Waals surface area contributed by atoms with Gasteiger partial charge in [0.2, 0.25) is 5.91 Å². The Balaban J connectivity index is 1.53. The summed E-state index contributed by atoms with van der Waals surface area (Å²) in [7, 11) is 0. The predicted molar refractivity (Wildman–Crippen MR) is 86.2 cm³/mol. The van der Waals surface area contributed by atoms with Gasteiger partial charge in [0.25, 0.3) is 0 Å². The van der Waals surface area contributed by atoms with Crippen molar-refractivity contribution >= 4 is 28.4 Å². The highest BCUT2D eigenvalue weighted by atomic mass is 35.5. The number of hydrogen-bond donors (Lipinski definition) is 2. The summed E-state index contributed by atoms with van der Waals surface area (Å²) in [5.74, 6) is 0.0293. The molecule has 4 rings (SSSR count). The smallest absolute Gasteiger partial charge is 0.249 e. The van der Waals surface area contributed by atoms with Crippen LogP contribution in [0.1, 0.15) is 31.2 Å². The Morgan fingerprint density at radius 1 is 1.45 bits per heavy atom. The third kappa shape index (κ3) is 2.40. The third-order valence-electron chi connectivity index (χ3n) is 4.89. The van der Waals surface area contributed by atoms with E-state index in [4.69, 9.17) is 16.3 Å². The minimum atomic E-state index is -0.256. The van der Waals surface area contributed by atoms with E-state index in [1.807, 2.05) is 18.2 Å². The molecule has 116 valence electrons. The van der Waals surface area contributed by atoms with Gasteiger partial charge < -0.3 is 15.0 Å². The Morgan fingerprint density at radius 2 is 2.32 bits per heavy atom.